The number of carboxylic acids is 1. The number of halogens is 1. The van der Waals surface area contributed by atoms with Gasteiger partial charge < -0.3 is 9.67 Å². The van der Waals surface area contributed by atoms with Crippen molar-refractivity contribution < 1.29 is 9.90 Å². The minimum absolute atomic E-state index is 0.0287. The van der Waals surface area contributed by atoms with Gasteiger partial charge in [0.2, 0.25) is 0 Å². The highest BCUT2D eigenvalue weighted by molar-refractivity contribution is 9.10. The molecule has 0 saturated heterocycles. The third kappa shape index (κ3) is 3.12. The fourth-order valence-electron chi connectivity index (χ4n) is 1.88. The van der Waals surface area contributed by atoms with Crippen molar-refractivity contribution in [1.29, 1.82) is 0 Å². The smallest absolute Gasteiger partial charge is 0.313 e. The van der Waals surface area contributed by atoms with Crippen molar-refractivity contribution in [3.8, 4) is 0 Å². The van der Waals surface area contributed by atoms with Crippen LogP contribution in [0.15, 0.2) is 27.8 Å². The summed E-state index contributed by atoms with van der Waals surface area (Å²) < 4.78 is 3.12. The van der Waals surface area contributed by atoms with Gasteiger partial charge in [-0.15, -0.1) is 0 Å². The molecule has 0 fully saturated rings. The van der Waals surface area contributed by atoms with Crippen molar-refractivity contribution in [3.05, 3.63) is 22.7 Å². The van der Waals surface area contributed by atoms with E-state index in [9.17, 15) is 4.79 Å². The fourth-order valence-corrected chi connectivity index (χ4v) is 3.06. The van der Waals surface area contributed by atoms with E-state index in [0.29, 0.717) is 0 Å². The maximum absolute atomic E-state index is 10.7. The first-order chi connectivity index (χ1) is 9.02. The zero-order valence-electron chi connectivity index (χ0n) is 10.8. The first-order valence-corrected chi connectivity index (χ1v) is 7.83. The number of aromatic nitrogens is 2. The lowest BCUT2D eigenvalue weighted by Gasteiger charge is -2.15. The zero-order valence-corrected chi connectivity index (χ0v) is 13.2. The fraction of sp³-hybridized carbons (Fsp3) is 0.385. The van der Waals surface area contributed by atoms with Crippen molar-refractivity contribution in [2.24, 2.45) is 0 Å². The Balaban J connectivity index is 2.51. The van der Waals surface area contributed by atoms with Crippen LogP contribution in [0.5, 0.6) is 0 Å². The molecule has 102 valence electrons. The van der Waals surface area contributed by atoms with Gasteiger partial charge in [-0.2, -0.15) is 0 Å². The first-order valence-electron chi connectivity index (χ1n) is 6.05. The normalized spacial score (nSPS) is 12.8. The molecule has 0 radical (unpaired) electrons. The molecule has 0 aliphatic rings. The van der Waals surface area contributed by atoms with E-state index in [1.54, 1.807) is 0 Å². The van der Waals surface area contributed by atoms with Crippen LogP contribution in [0.1, 0.15) is 26.3 Å². The average molecular weight is 343 g/mol. The summed E-state index contributed by atoms with van der Waals surface area (Å²) in [5.41, 5.74) is 1.94. The topological polar surface area (TPSA) is 55.1 Å². The predicted molar refractivity (Wildman–Crippen MR) is 80.8 cm³/mol. The van der Waals surface area contributed by atoms with E-state index in [4.69, 9.17) is 5.11 Å². The molecule has 1 aromatic carbocycles. The van der Waals surface area contributed by atoms with E-state index in [-0.39, 0.29) is 11.8 Å². The molecule has 1 atom stereocenters. The molecular weight excluding hydrogens is 328 g/mol. The van der Waals surface area contributed by atoms with Crippen molar-refractivity contribution >= 4 is 44.7 Å². The van der Waals surface area contributed by atoms with Crippen LogP contribution >= 0.6 is 27.7 Å². The molecule has 1 N–H and O–H groups in total. The van der Waals surface area contributed by atoms with Gasteiger partial charge in [-0.05, 0) is 31.5 Å². The SMILES string of the molecule is CCC(C)n1c(SCC(=O)O)nc2ccc(Br)cc21. The van der Waals surface area contributed by atoms with E-state index >= 15 is 0 Å². The quantitative estimate of drug-likeness (QED) is 0.836. The minimum atomic E-state index is -0.825. The summed E-state index contributed by atoms with van der Waals surface area (Å²) in [6, 6.07) is 6.21. The summed E-state index contributed by atoms with van der Waals surface area (Å²) in [6.45, 7) is 4.23. The summed E-state index contributed by atoms with van der Waals surface area (Å²) >= 11 is 4.73. The Morgan fingerprint density at radius 3 is 2.95 bits per heavy atom. The lowest BCUT2D eigenvalue weighted by atomic mass is 10.2. The van der Waals surface area contributed by atoms with Crippen LogP contribution in [-0.2, 0) is 4.79 Å². The lowest BCUT2D eigenvalue weighted by Crippen LogP contribution is -2.07. The maximum atomic E-state index is 10.7. The molecule has 0 aliphatic heterocycles. The third-order valence-corrected chi connectivity index (χ3v) is 4.41. The number of imidazole rings is 1. The summed E-state index contributed by atoms with van der Waals surface area (Å²) in [5, 5.41) is 9.58. The molecule has 4 nitrogen and oxygen atoms in total. The number of nitrogens with zero attached hydrogens (tertiary/aromatic N) is 2. The Kier molecular flexibility index (Phi) is 4.52. The van der Waals surface area contributed by atoms with E-state index < -0.39 is 5.97 Å². The second-order valence-corrected chi connectivity index (χ2v) is 6.20. The molecule has 0 saturated carbocycles. The number of carboxylic acid groups (broad SMARTS) is 1. The van der Waals surface area contributed by atoms with Crippen LogP contribution < -0.4 is 0 Å². The summed E-state index contributed by atoms with van der Waals surface area (Å²) in [5.74, 6) is -0.796. The molecule has 0 spiro atoms. The van der Waals surface area contributed by atoms with E-state index in [0.717, 1.165) is 27.1 Å². The highest BCUT2D eigenvalue weighted by Crippen LogP contribution is 2.30. The minimum Gasteiger partial charge on any atom is -0.481 e. The Bertz CT molecular complexity index is 612. The monoisotopic (exact) mass is 342 g/mol. The predicted octanol–water partition coefficient (Wildman–Crippen LogP) is 3.95. The number of carbonyl (C=O) groups is 1. The van der Waals surface area contributed by atoms with E-state index in [1.165, 1.54) is 11.8 Å². The van der Waals surface area contributed by atoms with Gasteiger partial charge in [-0.3, -0.25) is 4.79 Å². The Morgan fingerprint density at radius 2 is 2.32 bits per heavy atom. The molecular formula is C13H15BrN2O2S. The van der Waals surface area contributed by atoms with Gasteiger partial charge in [0.05, 0.1) is 16.8 Å². The van der Waals surface area contributed by atoms with Gasteiger partial charge >= 0.3 is 5.97 Å². The molecule has 1 heterocycles. The summed E-state index contributed by atoms with van der Waals surface area (Å²) in [7, 11) is 0. The van der Waals surface area contributed by atoms with Crippen molar-refractivity contribution in [3.63, 3.8) is 0 Å². The number of rotatable bonds is 5. The van der Waals surface area contributed by atoms with Gasteiger partial charge in [0.15, 0.2) is 5.16 Å². The van der Waals surface area contributed by atoms with Crippen LogP contribution in [0.25, 0.3) is 11.0 Å². The van der Waals surface area contributed by atoms with Gasteiger partial charge in [0.25, 0.3) is 0 Å². The van der Waals surface area contributed by atoms with Crippen molar-refractivity contribution in [1.82, 2.24) is 9.55 Å². The van der Waals surface area contributed by atoms with Crippen molar-refractivity contribution in [2.75, 3.05) is 5.75 Å². The van der Waals surface area contributed by atoms with Gasteiger partial charge in [-0.25, -0.2) is 4.98 Å². The molecule has 2 aromatic rings. The average Bonchev–Trinajstić information content (AvgIpc) is 2.73. The van der Waals surface area contributed by atoms with Gasteiger partial charge in [0, 0.05) is 10.5 Å². The molecule has 2 rings (SSSR count). The van der Waals surface area contributed by atoms with Crippen LogP contribution in [0.2, 0.25) is 0 Å². The largest absolute Gasteiger partial charge is 0.481 e. The highest BCUT2D eigenvalue weighted by Gasteiger charge is 2.16. The van der Waals surface area contributed by atoms with Crippen LogP contribution in [0, 0.1) is 0 Å². The lowest BCUT2D eigenvalue weighted by molar-refractivity contribution is -0.133. The Labute approximate surface area is 124 Å². The molecule has 0 bridgehead atoms. The number of fused-ring (bicyclic) bond motifs is 1. The third-order valence-electron chi connectivity index (χ3n) is 2.98. The standard InChI is InChI=1S/C13H15BrN2O2S/c1-3-8(2)16-11-6-9(14)4-5-10(11)15-13(16)19-7-12(17)18/h4-6,8H,3,7H2,1-2H3,(H,17,18). The Morgan fingerprint density at radius 1 is 1.58 bits per heavy atom. The Hall–Kier alpha value is -1.01. The number of hydrogen-bond acceptors (Lipinski definition) is 3. The molecule has 1 unspecified atom stereocenters. The second-order valence-electron chi connectivity index (χ2n) is 4.34. The number of benzene rings is 1. The van der Waals surface area contributed by atoms with Gasteiger partial charge in [-0.1, -0.05) is 34.6 Å². The molecule has 6 heteroatoms. The van der Waals surface area contributed by atoms with E-state index in [1.807, 2.05) is 18.2 Å². The highest BCUT2D eigenvalue weighted by atomic mass is 79.9. The number of thioether (sulfide) groups is 1. The summed E-state index contributed by atoms with van der Waals surface area (Å²) in [4.78, 5) is 15.3. The van der Waals surface area contributed by atoms with Crippen LogP contribution in [-0.4, -0.2) is 26.4 Å². The maximum Gasteiger partial charge on any atom is 0.313 e. The molecule has 0 aliphatic carbocycles. The number of aliphatic carboxylic acids is 1. The summed E-state index contributed by atoms with van der Waals surface area (Å²) in [6.07, 6.45) is 0.971. The zero-order chi connectivity index (χ0) is 14.0. The molecule has 0 amide bonds. The molecule has 1 aromatic heterocycles. The molecule has 19 heavy (non-hydrogen) atoms. The van der Waals surface area contributed by atoms with Crippen LogP contribution in [0.4, 0.5) is 0 Å². The van der Waals surface area contributed by atoms with E-state index in [2.05, 4.69) is 39.3 Å². The van der Waals surface area contributed by atoms with Crippen molar-refractivity contribution in [2.45, 2.75) is 31.5 Å². The first kappa shape index (κ1) is 14.4. The van der Waals surface area contributed by atoms with Crippen LogP contribution in [0.3, 0.4) is 0 Å². The number of hydrogen-bond donors (Lipinski definition) is 1. The van der Waals surface area contributed by atoms with Gasteiger partial charge in [0.1, 0.15) is 0 Å². The second kappa shape index (κ2) is 5.96.